The van der Waals surface area contributed by atoms with E-state index in [4.69, 9.17) is 10.5 Å². The number of rotatable bonds is 5. The van der Waals surface area contributed by atoms with Gasteiger partial charge in [-0.15, -0.1) is 0 Å². The van der Waals surface area contributed by atoms with Gasteiger partial charge < -0.3 is 10.5 Å². The summed E-state index contributed by atoms with van der Waals surface area (Å²) in [5.74, 6) is 0.285. The van der Waals surface area contributed by atoms with Crippen LogP contribution in [0.3, 0.4) is 0 Å². The summed E-state index contributed by atoms with van der Waals surface area (Å²) in [5, 5.41) is 0. The fourth-order valence-electron chi connectivity index (χ4n) is 2.17. The summed E-state index contributed by atoms with van der Waals surface area (Å²) in [6.45, 7) is 4.06. The minimum absolute atomic E-state index is 0.135. The van der Waals surface area contributed by atoms with Crippen molar-refractivity contribution in [1.29, 1.82) is 0 Å². The lowest BCUT2D eigenvalue weighted by molar-refractivity contribution is 0.169. The van der Waals surface area contributed by atoms with Crippen molar-refractivity contribution in [3.8, 4) is 5.75 Å². The summed E-state index contributed by atoms with van der Waals surface area (Å²) in [5.41, 5.74) is 8.40. The van der Waals surface area contributed by atoms with E-state index in [9.17, 15) is 4.39 Å². The molecule has 2 atom stereocenters. The Morgan fingerprint density at radius 2 is 2.00 bits per heavy atom. The molecule has 2 N–H and O–H groups in total. The summed E-state index contributed by atoms with van der Waals surface area (Å²) >= 11 is 3.33. The van der Waals surface area contributed by atoms with E-state index in [1.165, 1.54) is 12.1 Å². The Balaban J connectivity index is 2.33. The predicted molar refractivity (Wildman–Crippen MR) is 86.9 cm³/mol. The molecule has 0 fully saturated rings. The maximum absolute atomic E-state index is 13.2. The molecule has 0 aliphatic rings. The van der Waals surface area contributed by atoms with Crippen molar-refractivity contribution in [2.45, 2.75) is 32.4 Å². The van der Waals surface area contributed by atoms with E-state index in [1.54, 1.807) is 6.07 Å². The lowest BCUT2D eigenvalue weighted by Crippen LogP contribution is -2.31. The first kappa shape index (κ1) is 16.0. The average Bonchev–Trinajstić information content (AvgIpc) is 2.45. The first-order valence-corrected chi connectivity index (χ1v) is 7.74. The normalized spacial score (nSPS) is 13.8. The van der Waals surface area contributed by atoms with Gasteiger partial charge in [-0.25, -0.2) is 4.39 Å². The van der Waals surface area contributed by atoms with Crippen LogP contribution in [-0.2, 0) is 0 Å². The number of halogens is 2. The molecule has 2 nitrogen and oxygen atoms in total. The molecular weight excluding hydrogens is 333 g/mol. The van der Waals surface area contributed by atoms with Crippen LogP contribution in [0.15, 0.2) is 46.9 Å². The van der Waals surface area contributed by atoms with Crippen molar-refractivity contribution >= 4 is 15.9 Å². The molecule has 0 saturated heterocycles. The molecule has 0 aromatic heterocycles. The van der Waals surface area contributed by atoms with Gasteiger partial charge in [0.15, 0.2) is 0 Å². The van der Waals surface area contributed by atoms with Crippen LogP contribution in [0.1, 0.15) is 30.6 Å². The highest BCUT2D eigenvalue weighted by molar-refractivity contribution is 9.10. The maximum Gasteiger partial charge on any atom is 0.139 e. The Hall–Kier alpha value is -1.39. The number of nitrogens with two attached hydrogens (primary N) is 1. The molecule has 0 aliphatic carbocycles. The van der Waals surface area contributed by atoms with E-state index >= 15 is 0 Å². The van der Waals surface area contributed by atoms with E-state index in [2.05, 4.69) is 22.0 Å². The molecule has 0 bridgehead atoms. The zero-order valence-corrected chi connectivity index (χ0v) is 13.7. The zero-order valence-electron chi connectivity index (χ0n) is 12.1. The topological polar surface area (TPSA) is 35.2 Å². The monoisotopic (exact) mass is 351 g/mol. The molecule has 2 aromatic carbocycles. The molecule has 0 heterocycles. The number of hydrogen-bond acceptors (Lipinski definition) is 2. The molecule has 2 rings (SSSR count). The second-order valence-corrected chi connectivity index (χ2v) is 5.95. The van der Waals surface area contributed by atoms with Gasteiger partial charge in [0, 0.05) is 6.04 Å². The van der Waals surface area contributed by atoms with Gasteiger partial charge in [0.1, 0.15) is 17.7 Å². The molecule has 0 saturated carbocycles. The molecule has 0 radical (unpaired) electrons. The fourth-order valence-corrected chi connectivity index (χ4v) is 2.62. The maximum atomic E-state index is 13.2. The standard InChI is InChI=1S/C17H19BrFNO/c1-3-15(20)17(12-6-4-5-11(2)9-12)21-16-8-7-13(19)10-14(16)18/h4-10,15,17H,3,20H2,1-2H3. The summed E-state index contributed by atoms with van der Waals surface area (Å²) in [4.78, 5) is 0. The quantitative estimate of drug-likeness (QED) is 0.843. The Labute approximate surface area is 133 Å². The van der Waals surface area contributed by atoms with Crippen molar-refractivity contribution in [2.75, 3.05) is 0 Å². The second kappa shape index (κ2) is 7.05. The summed E-state index contributed by atoms with van der Waals surface area (Å²) < 4.78 is 19.8. The third-order valence-electron chi connectivity index (χ3n) is 3.38. The Morgan fingerprint density at radius 1 is 1.24 bits per heavy atom. The lowest BCUT2D eigenvalue weighted by Gasteiger charge is -2.25. The second-order valence-electron chi connectivity index (χ2n) is 5.10. The van der Waals surface area contributed by atoms with Crippen LogP contribution in [-0.4, -0.2) is 6.04 Å². The smallest absolute Gasteiger partial charge is 0.139 e. The molecule has 2 unspecified atom stereocenters. The summed E-state index contributed by atoms with van der Waals surface area (Å²) in [6.07, 6.45) is 0.522. The highest BCUT2D eigenvalue weighted by Gasteiger charge is 2.21. The van der Waals surface area contributed by atoms with Crippen molar-refractivity contribution < 1.29 is 9.13 Å². The van der Waals surface area contributed by atoms with Gasteiger partial charge in [-0.2, -0.15) is 0 Å². The molecule has 4 heteroatoms. The van der Waals surface area contributed by atoms with Gasteiger partial charge in [-0.05, 0) is 53.0 Å². The van der Waals surface area contributed by atoms with Crippen molar-refractivity contribution in [3.63, 3.8) is 0 Å². The number of ether oxygens (including phenoxy) is 1. The molecular formula is C17H19BrFNO. The van der Waals surface area contributed by atoms with Crippen LogP contribution >= 0.6 is 15.9 Å². The van der Waals surface area contributed by atoms with Gasteiger partial charge in [-0.3, -0.25) is 0 Å². The Bertz CT molecular complexity index is 617. The fraction of sp³-hybridized carbons (Fsp3) is 0.294. The summed E-state index contributed by atoms with van der Waals surface area (Å²) in [7, 11) is 0. The average molecular weight is 352 g/mol. The SMILES string of the molecule is CCC(N)C(Oc1ccc(F)cc1Br)c1cccc(C)c1. The highest BCUT2D eigenvalue weighted by Crippen LogP contribution is 2.32. The van der Waals surface area contributed by atoms with E-state index in [-0.39, 0.29) is 18.0 Å². The van der Waals surface area contributed by atoms with Crippen molar-refractivity contribution in [2.24, 2.45) is 5.73 Å². The van der Waals surface area contributed by atoms with Gasteiger partial charge >= 0.3 is 0 Å². The van der Waals surface area contributed by atoms with Gasteiger partial charge in [-0.1, -0.05) is 36.8 Å². The third kappa shape index (κ3) is 4.05. The highest BCUT2D eigenvalue weighted by atomic mass is 79.9. The number of benzene rings is 2. The first-order chi connectivity index (χ1) is 10.0. The van der Waals surface area contributed by atoms with Crippen LogP contribution in [0.5, 0.6) is 5.75 Å². The van der Waals surface area contributed by atoms with Crippen LogP contribution in [0.4, 0.5) is 4.39 Å². The Morgan fingerprint density at radius 3 is 2.62 bits per heavy atom. The molecule has 0 aliphatic heterocycles. The van der Waals surface area contributed by atoms with Crippen LogP contribution in [0, 0.1) is 12.7 Å². The van der Waals surface area contributed by atoms with Crippen molar-refractivity contribution in [1.82, 2.24) is 0 Å². The zero-order chi connectivity index (χ0) is 15.4. The minimum atomic E-state index is -0.305. The lowest BCUT2D eigenvalue weighted by atomic mass is 9.99. The molecule has 21 heavy (non-hydrogen) atoms. The van der Waals surface area contributed by atoms with Gasteiger partial charge in [0.05, 0.1) is 4.47 Å². The molecule has 112 valence electrons. The van der Waals surface area contributed by atoms with Crippen LogP contribution < -0.4 is 10.5 Å². The predicted octanol–water partition coefficient (Wildman–Crippen LogP) is 4.75. The number of aryl methyl sites for hydroxylation is 1. The largest absolute Gasteiger partial charge is 0.483 e. The first-order valence-electron chi connectivity index (χ1n) is 6.95. The van der Waals surface area contributed by atoms with E-state index in [1.807, 2.05) is 32.0 Å². The summed E-state index contributed by atoms with van der Waals surface area (Å²) in [6, 6.07) is 12.3. The molecule has 2 aromatic rings. The molecule has 0 spiro atoms. The van der Waals surface area contributed by atoms with Gasteiger partial charge in [0.25, 0.3) is 0 Å². The Kier molecular flexibility index (Phi) is 5.37. The minimum Gasteiger partial charge on any atom is -0.483 e. The van der Waals surface area contributed by atoms with Gasteiger partial charge in [0.2, 0.25) is 0 Å². The van der Waals surface area contributed by atoms with Crippen LogP contribution in [0.25, 0.3) is 0 Å². The number of hydrogen-bond donors (Lipinski definition) is 1. The van der Waals surface area contributed by atoms with Crippen molar-refractivity contribution in [3.05, 3.63) is 63.9 Å². The van der Waals surface area contributed by atoms with E-state index in [0.29, 0.717) is 10.2 Å². The third-order valence-corrected chi connectivity index (χ3v) is 4.00. The molecule has 0 amide bonds. The van der Waals surface area contributed by atoms with Crippen LogP contribution in [0.2, 0.25) is 0 Å². The van der Waals surface area contributed by atoms with E-state index in [0.717, 1.165) is 17.5 Å². The van der Waals surface area contributed by atoms with E-state index < -0.39 is 0 Å².